The summed E-state index contributed by atoms with van der Waals surface area (Å²) in [6.07, 6.45) is -1.71. The lowest BCUT2D eigenvalue weighted by Crippen LogP contribution is -2.52. The molecular weight excluding hydrogens is 338 g/mol. The lowest BCUT2D eigenvalue weighted by atomic mass is 10.1. The molecule has 0 spiro atoms. The van der Waals surface area contributed by atoms with Crippen LogP contribution in [0, 0.1) is 0 Å². The number of fused-ring (bicyclic) bond motifs is 1. The maximum absolute atomic E-state index is 12.8. The van der Waals surface area contributed by atoms with Crippen molar-refractivity contribution in [3.63, 3.8) is 0 Å². The minimum Gasteiger partial charge on any atom is -0.445 e. The van der Waals surface area contributed by atoms with Gasteiger partial charge in [-0.15, -0.1) is 0 Å². The molecule has 1 aromatic rings. The molecule has 0 aliphatic carbocycles. The normalized spacial score (nSPS) is 29.8. The van der Waals surface area contributed by atoms with Crippen molar-refractivity contribution in [2.24, 2.45) is 0 Å². The molecule has 7 nitrogen and oxygen atoms in total. The molecule has 0 bridgehead atoms. The van der Waals surface area contributed by atoms with Crippen molar-refractivity contribution in [2.45, 2.75) is 63.7 Å². The summed E-state index contributed by atoms with van der Waals surface area (Å²) in [5.74, 6) is -0.714. The molecule has 2 saturated heterocycles. The smallest absolute Gasteiger partial charge is 0.410 e. The topological polar surface area (TPSA) is 66.5 Å². The van der Waals surface area contributed by atoms with E-state index in [2.05, 4.69) is 0 Å². The number of methoxy groups -OCH3 is 2. The van der Waals surface area contributed by atoms with Crippen LogP contribution in [0.1, 0.15) is 26.3 Å². The van der Waals surface area contributed by atoms with Crippen molar-refractivity contribution in [3.8, 4) is 0 Å². The van der Waals surface area contributed by atoms with Gasteiger partial charge in [-0.2, -0.15) is 0 Å². The van der Waals surface area contributed by atoms with Crippen molar-refractivity contribution >= 4 is 6.09 Å². The van der Waals surface area contributed by atoms with Crippen molar-refractivity contribution in [1.82, 2.24) is 4.90 Å². The van der Waals surface area contributed by atoms with Crippen LogP contribution in [-0.2, 0) is 30.3 Å². The molecule has 1 amide bonds. The number of amides is 1. The zero-order chi connectivity index (χ0) is 18.9. The summed E-state index contributed by atoms with van der Waals surface area (Å²) in [6.45, 7) is 5.85. The molecule has 7 heteroatoms. The first kappa shape index (κ1) is 19.1. The third kappa shape index (κ3) is 3.57. The van der Waals surface area contributed by atoms with Gasteiger partial charge in [0.15, 0.2) is 12.1 Å². The Kier molecular flexibility index (Phi) is 5.53. The largest absolute Gasteiger partial charge is 0.445 e. The van der Waals surface area contributed by atoms with Gasteiger partial charge in [0.2, 0.25) is 0 Å². The Morgan fingerprint density at radius 3 is 2.38 bits per heavy atom. The summed E-state index contributed by atoms with van der Waals surface area (Å²) in [5.41, 5.74) is 0.924. The van der Waals surface area contributed by atoms with Gasteiger partial charge < -0.3 is 23.7 Å². The molecule has 2 fully saturated rings. The number of hydrogen-bond acceptors (Lipinski definition) is 6. The number of carbonyl (C=O) groups is 1. The van der Waals surface area contributed by atoms with Crippen molar-refractivity contribution in [1.29, 1.82) is 0 Å². The Morgan fingerprint density at radius 2 is 1.77 bits per heavy atom. The second-order valence-corrected chi connectivity index (χ2v) is 7.08. The van der Waals surface area contributed by atoms with Crippen LogP contribution in [0.25, 0.3) is 0 Å². The van der Waals surface area contributed by atoms with E-state index in [1.807, 2.05) is 51.1 Å². The summed E-state index contributed by atoms with van der Waals surface area (Å²) >= 11 is 0. The van der Waals surface area contributed by atoms with Crippen molar-refractivity contribution < 1.29 is 28.5 Å². The number of nitrogens with zero attached hydrogens (tertiary/aromatic N) is 1. The van der Waals surface area contributed by atoms with E-state index in [0.717, 1.165) is 5.56 Å². The first-order chi connectivity index (χ1) is 12.4. The quantitative estimate of drug-likeness (QED) is 0.747. The van der Waals surface area contributed by atoms with Gasteiger partial charge in [0.25, 0.3) is 0 Å². The van der Waals surface area contributed by atoms with Crippen LogP contribution >= 0.6 is 0 Å². The molecule has 0 saturated carbocycles. The van der Waals surface area contributed by atoms with E-state index in [9.17, 15) is 4.79 Å². The third-order valence-corrected chi connectivity index (χ3v) is 4.90. The molecule has 0 radical (unpaired) electrons. The number of carbonyl (C=O) groups excluding carboxylic acids is 1. The zero-order valence-electron chi connectivity index (χ0n) is 15.9. The molecule has 0 aromatic heterocycles. The molecule has 0 N–H and O–H groups in total. The zero-order valence-corrected chi connectivity index (χ0v) is 15.9. The summed E-state index contributed by atoms with van der Waals surface area (Å²) in [5, 5.41) is 0. The van der Waals surface area contributed by atoms with Gasteiger partial charge in [-0.3, -0.25) is 4.90 Å². The van der Waals surface area contributed by atoms with Crippen LogP contribution in [-0.4, -0.2) is 61.6 Å². The fourth-order valence-electron chi connectivity index (χ4n) is 3.79. The molecule has 2 aliphatic rings. The van der Waals surface area contributed by atoms with Crippen LogP contribution in [0.5, 0.6) is 0 Å². The number of likely N-dealkylation sites (tertiary alicyclic amines) is 1. The first-order valence-electron chi connectivity index (χ1n) is 8.78. The van der Waals surface area contributed by atoms with E-state index in [1.165, 1.54) is 0 Å². The van der Waals surface area contributed by atoms with Crippen LogP contribution in [0.2, 0.25) is 0 Å². The number of rotatable bonds is 5. The minimum absolute atomic E-state index is 0.197. The molecule has 26 heavy (non-hydrogen) atoms. The Balaban J connectivity index is 1.78. The monoisotopic (exact) mass is 365 g/mol. The van der Waals surface area contributed by atoms with Gasteiger partial charge in [0, 0.05) is 14.2 Å². The van der Waals surface area contributed by atoms with E-state index >= 15 is 0 Å². The van der Waals surface area contributed by atoms with Gasteiger partial charge in [-0.25, -0.2) is 4.79 Å². The molecule has 4 atom stereocenters. The van der Waals surface area contributed by atoms with Crippen LogP contribution in [0.3, 0.4) is 0 Å². The minimum atomic E-state index is -0.714. The van der Waals surface area contributed by atoms with Crippen LogP contribution in [0.4, 0.5) is 4.79 Å². The standard InChI is InChI=1S/C19H27NO6/c1-12-15-16(26-19(2,3)25-15)14(17(22-4)23-5)20(12)18(21)24-11-13-9-7-6-8-10-13/h6-10,12,14-17H,11H2,1-5H3/t12-,14+,15-,16+/m1/s1. The highest BCUT2D eigenvalue weighted by Gasteiger charge is 2.60. The van der Waals surface area contributed by atoms with E-state index in [4.69, 9.17) is 23.7 Å². The summed E-state index contributed by atoms with van der Waals surface area (Å²) in [6, 6.07) is 8.86. The summed E-state index contributed by atoms with van der Waals surface area (Å²) < 4.78 is 28.5. The van der Waals surface area contributed by atoms with Gasteiger partial charge in [0.05, 0.1) is 6.04 Å². The fraction of sp³-hybridized carbons (Fsp3) is 0.632. The molecule has 2 aliphatic heterocycles. The van der Waals surface area contributed by atoms with Crippen LogP contribution < -0.4 is 0 Å². The lowest BCUT2D eigenvalue weighted by Gasteiger charge is -2.35. The maximum atomic E-state index is 12.8. The molecule has 0 unspecified atom stereocenters. The Morgan fingerprint density at radius 1 is 1.15 bits per heavy atom. The van der Waals surface area contributed by atoms with E-state index in [1.54, 1.807) is 19.1 Å². The second-order valence-electron chi connectivity index (χ2n) is 7.08. The molecular formula is C19H27NO6. The van der Waals surface area contributed by atoms with Crippen molar-refractivity contribution in [3.05, 3.63) is 35.9 Å². The van der Waals surface area contributed by atoms with Gasteiger partial charge in [-0.1, -0.05) is 30.3 Å². The lowest BCUT2D eigenvalue weighted by molar-refractivity contribution is -0.197. The fourth-order valence-corrected chi connectivity index (χ4v) is 3.79. The summed E-state index contributed by atoms with van der Waals surface area (Å²) in [4.78, 5) is 14.5. The van der Waals surface area contributed by atoms with Gasteiger partial charge in [0.1, 0.15) is 24.9 Å². The number of hydrogen-bond donors (Lipinski definition) is 0. The molecule has 3 rings (SSSR count). The highest BCUT2D eigenvalue weighted by molar-refractivity contribution is 5.69. The van der Waals surface area contributed by atoms with Crippen molar-refractivity contribution in [2.75, 3.05) is 14.2 Å². The summed E-state index contributed by atoms with van der Waals surface area (Å²) in [7, 11) is 3.08. The van der Waals surface area contributed by atoms with E-state index in [-0.39, 0.29) is 24.9 Å². The first-order valence-corrected chi connectivity index (χ1v) is 8.78. The molecule has 144 valence electrons. The average molecular weight is 365 g/mol. The Labute approximate surface area is 154 Å². The van der Waals surface area contributed by atoms with Gasteiger partial charge in [-0.05, 0) is 26.3 Å². The predicted molar refractivity (Wildman–Crippen MR) is 93.3 cm³/mol. The molecule has 2 heterocycles. The third-order valence-electron chi connectivity index (χ3n) is 4.90. The Hall–Kier alpha value is -1.67. The predicted octanol–water partition coefficient (Wildman–Crippen LogP) is 2.53. The molecule has 1 aromatic carbocycles. The van der Waals surface area contributed by atoms with Crippen LogP contribution in [0.15, 0.2) is 30.3 Å². The second kappa shape index (κ2) is 7.52. The highest BCUT2D eigenvalue weighted by Crippen LogP contribution is 2.42. The maximum Gasteiger partial charge on any atom is 0.410 e. The number of ether oxygens (including phenoxy) is 5. The SMILES string of the molecule is COC(OC)[C@@H]1[C@@H]2OC(C)(C)O[C@@H]2[C@@H](C)N1C(=O)OCc1ccccc1. The van der Waals surface area contributed by atoms with E-state index < -0.39 is 24.2 Å². The average Bonchev–Trinajstić information content (AvgIpc) is 3.07. The highest BCUT2D eigenvalue weighted by atomic mass is 16.8. The number of benzene rings is 1. The Bertz CT molecular complexity index is 618. The van der Waals surface area contributed by atoms with Gasteiger partial charge >= 0.3 is 6.09 Å². The van der Waals surface area contributed by atoms with E-state index in [0.29, 0.717) is 0 Å².